The van der Waals surface area contributed by atoms with Crippen LogP contribution < -0.4 is 4.57 Å². The number of rotatable bonds is 7. The van der Waals surface area contributed by atoms with Gasteiger partial charge in [0.25, 0.3) is 5.69 Å². The maximum absolute atomic E-state index is 13.3. The molecular weight excluding hydrogens is 374 g/mol. The highest BCUT2D eigenvalue weighted by molar-refractivity contribution is 7.77. The number of aryl methyl sites for hydroxylation is 2. The van der Waals surface area contributed by atoms with Crippen molar-refractivity contribution in [2.75, 3.05) is 6.54 Å². The second-order valence-electron chi connectivity index (χ2n) is 6.69. The number of nitro groups is 1. The van der Waals surface area contributed by atoms with Crippen LogP contribution in [-0.2, 0) is 25.5 Å². The van der Waals surface area contributed by atoms with E-state index < -0.39 is 11.0 Å². The van der Waals surface area contributed by atoms with Gasteiger partial charge in [-0.15, -0.1) is 6.58 Å². The normalized spacial score (nSPS) is 14.8. The molecule has 7 heteroatoms. The van der Waals surface area contributed by atoms with Gasteiger partial charge in [-0.1, -0.05) is 18.2 Å². The van der Waals surface area contributed by atoms with Crippen LogP contribution in [-0.4, -0.2) is 22.3 Å². The molecule has 0 amide bonds. The molecule has 0 N–H and O–H groups in total. The van der Waals surface area contributed by atoms with Crippen molar-refractivity contribution in [3.05, 3.63) is 82.2 Å². The molecule has 28 heavy (non-hydrogen) atoms. The second-order valence-corrected chi connectivity index (χ2v) is 7.11. The smallest absolute Gasteiger partial charge is 0.270 e. The first kappa shape index (κ1) is 19.8. The van der Waals surface area contributed by atoms with Gasteiger partial charge in [0.2, 0.25) is 11.8 Å². The number of ketones is 1. The van der Waals surface area contributed by atoms with E-state index in [4.69, 9.17) is 12.6 Å². The Labute approximate surface area is 169 Å². The largest absolute Gasteiger partial charge is 0.758 e. The Morgan fingerprint density at radius 3 is 2.79 bits per heavy atom. The van der Waals surface area contributed by atoms with Gasteiger partial charge in [-0.2, -0.15) is 4.57 Å². The molecule has 0 radical (unpaired) electrons. The fourth-order valence-electron chi connectivity index (χ4n) is 3.40. The molecule has 1 aliphatic rings. The SMILES string of the molecule is C=CCN=C([S-])C(C(=O)c1cccc([N+](=O)[O-])c1)[n+]1ccc2c(c1)CCCC2. The Balaban J connectivity index is 2.04. The number of aromatic nitrogens is 1. The number of carbonyl (C=O) groups is 1. The van der Waals surface area contributed by atoms with Crippen molar-refractivity contribution in [2.45, 2.75) is 31.7 Å². The number of nitrogens with zero attached hydrogens (tertiary/aromatic N) is 3. The lowest BCUT2D eigenvalue weighted by Gasteiger charge is -2.20. The summed E-state index contributed by atoms with van der Waals surface area (Å²) in [6.45, 7) is 3.94. The Kier molecular flexibility index (Phi) is 6.26. The third kappa shape index (κ3) is 4.31. The van der Waals surface area contributed by atoms with Crippen LogP contribution in [0.15, 0.2) is 60.4 Å². The van der Waals surface area contributed by atoms with E-state index in [-0.39, 0.29) is 22.1 Å². The molecule has 3 rings (SSSR count). The Morgan fingerprint density at radius 1 is 1.32 bits per heavy atom. The highest BCUT2D eigenvalue weighted by atomic mass is 32.1. The average molecular weight is 395 g/mol. The van der Waals surface area contributed by atoms with Crippen molar-refractivity contribution >= 4 is 29.1 Å². The Bertz CT molecular complexity index is 956. The van der Waals surface area contributed by atoms with Gasteiger partial charge in [0.05, 0.1) is 11.5 Å². The number of aliphatic imine (C=N–C) groups is 1. The van der Waals surface area contributed by atoms with Gasteiger partial charge in [0.15, 0.2) is 12.4 Å². The number of pyridine rings is 1. The van der Waals surface area contributed by atoms with Crippen molar-refractivity contribution in [3.63, 3.8) is 0 Å². The van der Waals surface area contributed by atoms with Gasteiger partial charge >= 0.3 is 0 Å². The fourth-order valence-corrected chi connectivity index (χ4v) is 3.70. The standard InChI is InChI=1S/C21H21N3O3S/c1-2-11-22-21(28)19(20(25)16-8-5-9-18(13-16)24(26)27)23-12-10-15-6-3-4-7-17(15)14-23/h2,5,8-10,12-14,19H,1,3-4,6-7,11H2. The Morgan fingerprint density at radius 2 is 2.07 bits per heavy atom. The topological polar surface area (TPSA) is 76.4 Å². The minimum absolute atomic E-state index is 0.131. The summed E-state index contributed by atoms with van der Waals surface area (Å²) in [6, 6.07) is 6.91. The van der Waals surface area contributed by atoms with Crippen LogP contribution in [0.1, 0.15) is 40.4 Å². The highest BCUT2D eigenvalue weighted by Crippen LogP contribution is 2.21. The molecule has 1 aromatic heterocycles. The van der Waals surface area contributed by atoms with Gasteiger partial charge in [-0.05, 0) is 36.3 Å². The van der Waals surface area contributed by atoms with E-state index in [2.05, 4.69) is 11.6 Å². The summed E-state index contributed by atoms with van der Waals surface area (Å²) in [4.78, 5) is 28.1. The third-order valence-electron chi connectivity index (χ3n) is 4.81. The van der Waals surface area contributed by atoms with Gasteiger partial charge in [-0.3, -0.25) is 14.9 Å². The number of hydrogen-bond donors (Lipinski definition) is 0. The summed E-state index contributed by atoms with van der Waals surface area (Å²) in [7, 11) is 0. The zero-order valence-corrected chi connectivity index (χ0v) is 16.2. The van der Waals surface area contributed by atoms with Crippen LogP contribution in [0, 0.1) is 10.1 Å². The molecule has 0 bridgehead atoms. The van der Waals surface area contributed by atoms with Crippen LogP contribution in [0.5, 0.6) is 0 Å². The van der Waals surface area contributed by atoms with E-state index in [1.54, 1.807) is 16.7 Å². The van der Waals surface area contributed by atoms with Gasteiger partial charge in [0, 0.05) is 29.3 Å². The summed E-state index contributed by atoms with van der Waals surface area (Å²) in [6.07, 6.45) is 9.70. The lowest BCUT2D eigenvalue weighted by molar-refractivity contribution is -0.692. The van der Waals surface area contributed by atoms with E-state index in [1.165, 1.54) is 35.7 Å². The fraction of sp³-hybridized carbons (Fsp3) is 0.286. The first-order valence-corrected chi connectivity index (χ1v) is 9.55. The molecule has 1 heterocycles. The van der Waals surface area contributed by atoms with Crippen LogP contribution >= 0.6 is 0 Å². The molecule has 144 valence electrons. The van der Waals surface area contributed by atoms with E-state index in [0.29, 0.717) is 6.54 Å². The van der Waals surface area contributed by atoms with E-state index >= 15 is 0 Å². The zero-order valence-electron chi connectivity index (χ0n) is 15.4. The number of Topliss-reactive ketones (excluding diaryl/α,β-unsaturated/α-hetero) is 1. The molecular formula is C21H21N3O3S. The minimum Gasteiger partial charge on any atom is -0.758 e. The summed E-state index contributed by atoms with van der Waals surface area (Å²) in [5.74, 6) is -0.317. The Hall–Kier alpha value is -2.93. The molecule has 0 saturated carbocycles. The number of carbonyl (C=O) groups excluding carboxylic acids is 1. The summed E-state index contributed by atoms with van der Waals surface area (Å²) in [5.41, 5.74) is 2.60. The molecule has 0 aliphatic heterocycles. The van der Waals surface area contributed by atoms with Gasteiger partial charge in [-0.25, -0.2) is 0 Å². The molecule has 1 aromatic carbocycles. The number of nitro benzene ring substituents is 1. The number of fused-ring (bicyclic) bond motifs is 1. The van der Waals surface area contributed by atoms with Crippen molar-refractivity contribution in [1.29, 1.82) is 0 Å². The quantitative estimate of drug-likeness (QED) is 0.105. The van der Waals surface area contributed by atoms with Crippen molar-refractivity contribution in [2.24, 2.45) is 4.99 Å². The van der Waals surface area contributed by atoms with Crippen molar-refractivity contribution in [3.8, 4) is 0 Å². The van der Waals surface area contributed by atoms with E-state index in [1.807, 2.05) is 18.5 Å². The lowest BCUT2D eigenvalue weighted by Crippen LogP contribution is -2.48. The maximum Gasteiger partial charge on any atom is 0.270 e. The molecule has 1 atom stereocenters. The molecule has 2 aromatic rings. The summed E-state index contributed by atoms with van der Waals surface area (Å²) in [5, 5.41) is 11.3. The van der Waals surface area contributed by atoms with Crippen molar-refractivity contribution in [1.82, 2.24) is 0 Å². The second kappa shape index (κ2) is 8.84. The number of non-ortho nitro benzene ring substituents is 1. The minimum atomic E-state index is -0.829. The first-order chi connectivity index (χ1) is 13.5. The predicted molar refractivity (Wildman–Crippen MR) is 110 cm³/mol. The van der Waals surface area contributed by atoms with Crippen molar-refractivity contribution < 1.29 is 14.3 Å². The first-order valence-electron chi connectivity index (χ1n) is 9.14. The highest BCUT2D eigenvalue weighted by Gasteiger charge is 2.30. The third-order valence-corrected chi connectivity index (χ3v) is 5.16. The van der Waals surface area contributed by atoms with E-state index in [9.17, 15) is 14.9 Å². The van der Waals surface area contributed by atoms with Gasteiger partial charge in [0.1, 0.15) is 0 Å². The van der Waals surface area contributed by atoms with Gasteiger partial charge < -0.3 is 17.6 Å². The molecule has 1 aliphatic carbocycles. The summed E-state index contributed by atoms with van der Waals surface area (Å²) < 4.78 is 1.78. The van der Waals surface area contributed by atoms with Crippen LogP contribution in [0.4, 0.5) is 5.69 Å². The predicted octanol–water partition coefficient (Wildman–Crippen LogP) is 3.32. The van der Waals surface area contributed by atoms with Crippen LogP contribution in [0.3, 0.4) is 0 Å². The molecule has 1 unspecified atom stereocenters. The zero-order chi connectivity index (χ0) is 20.1. The van der Waals surface area contributed by atoms with E-state index in [0.717, 1.165) is 19.3 Å². The summed E-state index contributed by atoms with van der Waals surface area (Å²) >= 11 is 5.45. The molecule has 0 fully saturated rings. The average Bonchev–Trinajstić information content (AvgIpc) is 2.72. The lowest BCUT2D eigenvalue weighted by atomic mass is 9.93. The van der Waals surface area contributed by atoms with Crippen LogP contribution in [0.2, 0.25) is 0 Å². The number of benzene rings is 1. The monoisotopic (exact) mass is 395 g/mol. The number of hydrogen-bond acceptors (Lipinski definition) is 5. The maximum atomic E-state index is 13.3. The molecule has 0 saturated heterocycles. The molecule has 0 spiro atoms. The molecule has 6 nitrogen and oxygen atoms in total. The van der Waals surface area contributed by atoms with Crippen LogP contribution in [0.25, 0.3) is 0 Å².